The van der Waals surface area contributed by atoms with E-state index in [0.29, 0.717) is 13.2 Å². The van der Waals surface area contributed by atoms with E-state index >= 15 is 0 Å². The van der Waals surface area contributed by atoms with Crippen molar-refractivity contribution in [3.8, 4) is 0 Å². The molecule has 1 aliphatic rings. The summed E-state index contributed by atoms with van der Waals surface area (Å²) < 4.78 is 4.95. The van der Waals surface area contributed by atoms with Gasteiger partial charge in [-0.15, -0.1) is 0 Å². The first kappa shape index (κ1) is 14.0. The molecule has 104 valence electrons. The minimum atomic E-state index is 0.0135. The predicted octanol–water partition coefficient (Wildman–Crippen LogP) is 1.06. The van der Waals surface area contributed by atoms with Crippen LogP contribution in [-0.4, -0.2) is 39.3 Å². The number of aryl methyl sites for hydroxylation is 1. The van der Waals surface area contributed by atoms with Gasteiger partial charge in [-0.2, -0.15) is 0 Å². The number of benzene rings is 1. The van der Waals surface area contributed by atoms with Crippen LogP contribution in [0.4, 0.5) is 0 Å². The molecule has 2 N–H and O–H groups in total. The number of ether oxygens (including phenoxy) is 1. The van der Waals surface area contributed by atoms with Crippen LogP contribution >= 0.6 is 0 Å². The van der Waals surface area contributed by atoms with Gasteiger partial charge < -0.3 is 15.4 Å². The molecule has 2 unspecified atom stereocenters. The lowest BCUT2D eigenvalue weighted by Gasteiger charge is -2.18. The first-order valence-electron chi connectivity index (χ1n) is 6.76. The Morgan fingerprint density at radius 1 is 1.37 bits per heavy atom. The second kappa shape index (κ2) is 6.68. The number of nitrogens with one attached hydrogen (secondary N) is 2. The molecule has 2 rings (SSSR count). The molecule has 4 heteroatoms. The van der Waals surface area contributed by atoms with Crippen LogP contribution in [0.25, 0.3) is 0 Å². The second-order valence-corrected chi connectivity index (χ2v) is 5.07. The van der Waals surface area contributed by atoms with Gasteiger partial charge in [-0.1, -0.05) is 29.8 Å². The maximum absolute atomic E-state index is 12.2. The first-order valence-corrected chi connectivity index (χ1v) is 6.76. The normalized spacial score (nSPS) is 22.4. The molecule has 0 aliphatic carbocycles. The summed E-state index contributed by atoms with van der Waals surface area (Å²) in [6.07, 6.45) is 0. The van der Waals surface area contributed by atoms with Gasteiger partial charge in [0.15, 0.2) is 0 Å². The fourth-order valence-corrected chi connectivity index (χ4v) is 2.53. The third-order valence-corrected chi connectivity index (χ3v) is 3.66. The fourth-order valence-electron chi connectivity index (χ4n) is 2.53. The summed E-state index contributed by atoms with van der Waals surface area (Å²) in [6, 6.07) is 8.46. The molecule has 0 aromatic heterocycles. The highest BCUT2D eigenvalue weighted by molar-refractivity contribution is 5.80. The Morgan fingerprint density at radius 2 is 2.11 bits per heavy atom. The van der Waals surface area contributed by atoms with Crippen LogP contribution in [0.1, 0.15) is 17.0 Å². The van der Waals surface area contributed by atoms with Gasteiger partial charge >= 0.3 is 0 Å². The summed E-state index contributed by atoms with van der Waals surface area (Å²) >= 11 is 0. The highest BCUT2D eigenvalue weighted by Gasteiger charge is 2.33. The van der Waals surface area contributed by atoms with Gasteiger partial charge in [-0.05, 0) is 12.5 Å². The van der Waals surface area contributed by atoms with Crippen molar-refractivity contribution in [1.82, 2.24) is 10.6 Å². The SMILES string of the molecule is COCCNC(=O)C1CNCC1c1ccc(C)cc1. The number of methoxy groups -OCH3 is 1. The molecule has 1 aliphatic heterocycles. The van der Waals surface area contributed by atoms with E-state index < -0.39 is 0 Å². The van der Waals surface area contributed by atoms with Crippen molar-refractivity contribution < 1.29 is 9.53 Å². The van der Waals surface area contributed by atoms with E-state index in [4.69, 9.17) is 4.74 Å². The van der Waals surface area contributed by atoms with Crippen LogP contribution in [-0.2, 0) is 9.53 Å². The van der Waals surface area contributed by atoms with Gasteiger partial charge in [0, 0.05) is 32.7 Å². The molecular weight excluding hydrogens is 240 g/mol. The molecule has 1 aromatic rings. The zero-order valence-corrected chi connectivity index (χ0v) is 11.6. The maximum Gasteiger partial charge on any atom is 0.225 e. The van der Waals surface area contributed by atoms with E-state index in [2.05, 4.69) is 41.8 Å². The third kappa shape index (κ3) is 3.55. The zero-order chi connectivity index (χ0) is 13.7. The molecule has 0 bridgehead atoms. The quantitative estimate of drug-likeness (QED) is 0.780. The molecule has 0 radical (unpaired) electrons. The van der Waals surface area contributed by atoms with Crippen LogP contribution < -0.4 is 10.6 Å². The van der Waals surface area contributed by atoms with E-state index in [0.717, 1.165) is 13.1 Å². The average Bonchev–Trinajstić information content (AvgIpc) is 2.89. The van der Waals surface area contributed by atoms with Crippen molar-refractivity contribution in [2.24, 2.45) is 5.92 Å². The smallest absolute Gasteiger partial charge is 0.225 e. The lowest BCUT2D eigenvalue weighted by atomic mass is 9.88. The minimum Gasteiger partial charge on any atom is -0.383 e. The Labute approximate surface area is 114 Å². The van der Waals surface area contributed by atoms with Crippen molar-refractivity contribution in [1.29, 1.82) is 0 Å². The van der Waals surface area contributed by atoms with Crippen molar-refractivity contribution in [3.05, 3.63) is 35.4 Å². The van der Waals surface area contributed by atoms with E-state index in [9.17, 15) is 4.79 Å². The summed E-state index contributed by atoms with van der Waals surface area (Å²) in [7, 11) is 1.64. The number of hydrogen-bond acceptors (Lipinski definition) is 3. The van der Waals surface area contributed by atoms with Gasteiger partial charge in [0.25, 0.3) is 0 Å². The molecule has 1 heterocycles. The Balaban J connectivity index is 2.00. The van der Waals surface area contributed by atoms with Crippen LogP contribution in [0.5, 0.6) is 0 Å². The molecule has 1 amide bonds. The van der Waals surface area contributed by atoms with E-state index in [-0.39, 0.29) is 17.7 Å². The minimum absolute atomic E-state index is 0.0135. The standard InChI is InChI=1S/C15H22N2O2/c1-11-3-5-12(6-4-11)13-9-16-10-14(13)15(18)17-7-8-19-2/h3-6,13-14,16H,7-10H2,1-2H3,(H,17,18). The van der Waals surface area contributed by atoms with Crippen molar-refractivity contribution >= 4 is 5.91 Å². The van der Waals surface area contributed by atoms with Crippen LogP contribution in [0, 0.1) is 12.8 Å². The fraction of sp³-hybridized carbons (Fsp3) is 0.533. The van der Waals surface area contributed by atoms with E-state index in [1.54, 1.807) is 7.11 Å². The Kier molecular flexibility index (Phi) is 4.93. The monoisotopic (exact) mass is 262 g/mol. The van der Waals surface area contributed by atoms with Crippen molar-refractivity contribution in [2.75, 3.05) is 33.4 Å². The molecule has 0 saturated carbocycles. The molecule has 2 atom stereocenters. The van der Waals surface area contributed by atoms with Gasteiger partial charge in [-0.25, -0.2) is 0 Å². The van der Waals surface area contributed by atoms with Crippen LogP contribution in [0.3, 0.4) is 0 Å². The Hall–Kier alpha value is -1.39. The summed E-state index contributed by atoms with van der Waals surface area (Å²) in [5.74, 6) is 0.398. The number of carbonyl (C=O) groups is 1. The largest absolute Gasteiger partial charge is 0.383 e. The van der Waals surface area contributed by atoms with Crippen LogP contribution in [0.2, 0.25) is 0 Å². The highest BCUT2D eigenvalue weighted by Crippen LogP contribution is 2.28. The molecule has 1 saturated heterocycles. The van der Waals surface area contributed by atoms with Gasteiger partial charge in [0.05, 0.1) is 12.5 Å². The lowest BCUT2D eigenvalue weighted by molar-refractivity contribution is -0.125. The van der Waals surface area contributed by atoms with Gasteiger partial charge in [-0.3, -0.25) is 4.79 Å². The summed E-state index contributed by atoms with van der Waals surface area (Å²) in [5.41, 5.74) is 2.48. The summed E-state index contributed by atoms with van der Waals surface area (Å²) in [5, 5.41) is 6.25. The molecule has 1 fully saturated rings. The number of hydrogen-bond donors (Lipinski definition) is 2. The summed E-state index contributed by atoms with van der Waals surface area (Å²) in [4.78, 5) is 12.2. The lowest BCUT2D eigenvalue weighted by Crippen LogP contribution is -2.36. The zero-order valence-electron chi connectivity index (χ0n) is 11.6. The number of carbonyl (C=O) groups excluding carboxylic acids is 1. The average molecular weight is 262 g/mol. The van der Waals surface area contributed by atoms with E-state index in [1.807, 2.05) is 0 Å². The third-order valence-electron chi connectivity index (χ3n) is 3.66. The van der Waals surface area contributed by atoms with Crippen LogP contribution in [0.15, 0.2) is 24.3 Å². The van der Waals surface area contributed by atoms with Gasteiger partial charge in [0.1, 0.15) is 0 Å². The molecule has 19 heavy (non-hydrogen) atoms. The number of amides is 1. The maximum atomic E-state index is 12.2. The summed E-state index contributed by atoms with van der Waals surface area (Å²) in [6.45, 7) is 4.82. The van der Waals surface area contributed by atoms with Crippen molar-refractivity contribution in [2.45, 2.75) is 12.8 Å². The molecule has 1 aromatic carbocycles. The highest BCUT2D eigenvalue weighted by atomic mass is 16.5. The van der Waals surface area contributed by atoms with Gasteiger partial charge in [0.2, 0.25) is 5.91 Å². The predicted molar refractivity (Wildman–Crippen MR) is 75.2 cm³/mol. The molecule has 4 nitrogen and oxygen atoms in total. The topological polar surface area (TPSA) is 50.4 Å². The Morgan fingerprint density at radius 3 is 2.79 bits per heavy atom. The second-order valence-electron chi connectivity index (χ2n) is 5.07. The number of rotatable bonds is 5. The molecular formula is C15H22N2O2. The molecule has 0 spiro atoms. The Bertz CT molecular complexity index is 417. The van der Waals surface area contributed by atoms with Crippen molar-refractivity contribution in [3.63, 3.8) is 0 Å². The van der Waals surface area contributed by atoms with E-state index in [1.165, 1.54) is 11.1 Å². The first-order chi connectivity index (χ1) is 9.22.